The summed E-state index contributed by atoms with van der Waals surface area (Å²) in [6.45, 7) is -1.10. The van der Waals surface area contributed by atoms with Gasteiger partial charge in [-0.3, -0.25) is 24.2 Å². The average molecular weight is 593 g/mol. The number of thiazole rings is 1. The number of pyridine rings is 1. The van der Waals surface area contributed by atoms with E-state index in [0.717, 1.165) is 10.5 Å². The van der Waals surface area contributed by atoms with E-state index in [9.17, 15) is 23.9 Å². The number of hydrogen-bond donors (Lipinski definition) is 1. The molecule has 42 heavy (non-hydrogen) atoms. The summed E-state index contributed by atoms with van der Waals surface area (Å²) in [5, 5.41) is 8.77. The number of fused-ring (bicyclic) bond motifs is 1. The molecule has 0 spiro atoms. The van der Waals surface area contributed by atoms with Gasteiger partial charge in [-0.15, -0.1) is 0 Å². The molecule has 2 aromatic carbocycles. The molecule has 12 heteroatoms. The minimum absolute atomic E-state index is 0.0259. The summed E-state index contributed by atoms with van der Waals surface area (Å²) in [4.78, 5) is 48.6. The number of aliphatic carboxylic acids is 1. The van der Waals surface area contributed by atoms with Gasteiger partial charge in [-0.1, -0.05) is 41.7 Å². The van der Waals surface area contributed by atoms with Crippen molar-refractivity contribution >= 4 is 40.1 Å². The molecule has 216 valence electrons. The fraction of sp³-hybridized carbons (Fsp3) is 0.233. The van der Waals surface area contributed by atoms with Gasteiger partial charge in [0, 0.05) is 37.0 Å². The van der Waals surface area contributed by atoms with E-state index in [1.54, 1.807) is 49.6 Å². The van der Waals surface area contributed by atoms with Crippen molar-refractivity contribution < 1.29 is 33.0 Å². The monoisotopic (exact) mass is 592 g/mol. The summed E-state index contributed by atoms with van der Waals surface area (Å²) in [5.74, 6) is -1.97. The van der Waals surface area contributed by atoms with Crippen LogP contribution in [0.1, 0.15) is 17.5 Å². The highest BCUT2D eigenvalue weighted by atomic mass is 32.1. The van der Waals surface area contributed by atoms with Crippen molar-refractivity contribution in [3.8, 4) is 28.1 Å². The molecule has 0 saturated heterocycles. The molecule has 1 aliphatic rings. The second kappa shape index (κ2) is 12.0. The predicted octanol–water partition coefficient (Wildman–Crippen LogP) is 5.13. The van der Waals surface area contributed by atoms with E-state index in [1.807, 2.05) is 6.07 Å². The Balaban J connectivity index is 1.51. The summed E-state index contributed by atoms with van der Waals surface area (Å²) in [6, 6.07) is 15.4. The van der Waals surface area contributed by atoms with Crippen LogP contribution in [0.15, 0.2) is 60.8 Å². The Bertz CT molecular complexity index is 1660. The lowest BCUT2D eigenvalue weighted by molar-refractivity contribution is -0.140. The minimum atomic E-state index is -1.13. The first-order valence-corrected chi connectivity index (χ1v) is 13.8. The number of aromatic nitrogens is 2. The maximum atomic E-state index is 15.6. The molecule has 1 atom stereocenters. The number of rotatable bonds is 10. The maximum absolute atomic E-state index is 15.6. The van der Waals surface area contributed by atoms with Crippen molar-refractivity contribution in [1.82, 2.24) is 9.97 Å². The zero-order valence-corrected chi connectivity index (χ0v) is 23.5. The highest BCUT2D eigenvalue weighted by Gasteiger charge is 2.30. The number of likely N-dealkylation sites (N-methyl/N-ethyl adjacent to an activating group) is 1. The van der Waals surface area contributed by atoms with Crippen LogP contribution in [0, 0.1) is 11.0 Å². The first kappa shape index (κ1) is 28.8. The lowest BCUT2D eigenvalue weighted by Crippen LogP contribution is -2.35. The van der Waals surface area contributed by atoms with E-state index in [4.69, 9.17) is 4.74 Å². The molecule has 1 aliphatic heterocycles. The Kier molecular flexibility index (Phi) is 8.25. The third-order valence-corrected chi connectivity index (χ3v) is 7.96. The number of alkyl halides is 1. The van der Waals surface area contributed by atoms with Crippen LogP contribution in [-0.4, -0.2) is 53.8 Å². The summed E-state index contributed by atoms with van der Waals surface area (Å²) in [6.07, 6.45) is 1.51. The largest absolute Gasteiger partial charge is 0.481 e. The Morgan fingerprint density at radius 1 is 1.17 bits per heavy atom. The van der Waals surface area contributed by atoms with Crippen molar-refractivity contribution in [2.45, 2.75) is 19.3 Å². The molecule has 2 aromatic heterocycles. The number of amides is 2. The molecule has 2 amide bonds. The van der Waals surface area contributed by atoms with Gasteiger partial charge in [0.05, 0.1) is 18.8 Å². The molecule has 9 nitrogen and oxygen atoms in total. The quantitative estimate of drug-likeness (QED) is 0.272. The molecule has 5 rings (SSSR count). The standard InChI is InChI=1S/C30H26F2N4O5S/c1-35-24(37)12-18-11-20(15-33-28(18)35)22-9-8-21(41-16-31)14-23(22)26-27(32)42-30(34-26)36(2)29(40)19(13-25(38)39)10-17-6-4-3-5-7-17/h3-9,11,14-15,19H,10,12-13,16H2,1-2H3,(H,38,39). The van der Waals surface area contributed by atoms with Gasteiger partial charge in [-0.25, -0.2) is 14.4 Å². The number of hydrogen-bond acceptors (Lipinski definition) is 7. The molecule has 0 saturated carbocycles. The molecular formula is C30H26F2N4O5S. The number of carboxylic acids is 1. The van der Waals surface area contributed by atoms with Gasteiger partial charge in [0.15, 0.2) is 5.13 Å². The Morgan fingerprint density at radius 3 is 2.64 bits per heavy atom. The van der Waals surface area contributed by atoms with Gasteiger partial charge in [-0.05, 0) is 41.8 Å². The second-order valence-corrected chi connectivity index (χ2v) is 10.7. The van der Waals surface area contributed by atoms with Gasteiger partial charge in [0.25, 0.3) is 0 Å². The molecule has 1 N–H and O–H groups in total. The molecule has 0 aliphatic carbocycles. The van der Waals surface area contributed by atoms with Gasteiger partial charge in [0.2, 0.25) is 23.8 Å². The molecule has 4 aromatic rings. The first-order chi connectivity index (χ1) is 20.2. The van der Waals surface area contributed by atoms with Crippen molar-refractivity contribution in [3.63, 3.8) is 0 Å². The van der Waals surface area contributed by atoms with Crippen LogP contribution in [-0.2, 0) is 27.2 Å². The number of benzene rings is 2. The zero-order valence-electron chi connectivity index (χ0n) is 22.7. The van der Waals surface area contributed by atoms with Gasteiger partial charge in [-0.2, -0.15) is 4.39 Å². The molecule has 0 bridgehead atoms. The predicted molar refractivity (Wildman–Crippen MR) is 154 cm³/mol. The van der Waals surface area contributed by atoms with Crippen LogP contribution >= 0.6 is 11.3 Å². The molecular weight excluding hydrogens is 566 g/mol. The average Bonchev–Trinajstić information content (AvgIpc) is 3.50. The van der Waals surface area contributed by atoms with Crippen LogP contribution in [0.5, 0.6) is 5.75 Å². The third kappa shape index (κ3) is 5.84. The van der Waals surface area contributed by atoms with Gasteiger partial charge < -0.3 is 9.84 Å². The van der Waals surface area contributed by atoms with Crippen LogP contribution in [0.25, 0.3) is 22.4 Å². The number of carbonyl (C=O) groups is 3. The molecule has 1 unspecified atom stereocenters. The summed E-state index contributed by atoms with van der Waals surface area (Å²) >= 11 is 0.630. The van der Waals surface area contributed by atoms with Gasteiger partial charge in [0.1, 0.15) is 17.3 Å². The van der Waals surface area contributed by atoms with Crippen molar-refractivity contribution in [1.29, 1.82) is 0 Å². The Hall–Kier alpha value is -4.71. The van der Waals surface area contributed by atoms with Crippen LogP contribution in [0.3, 0.4) is 0 Å². The number of ether oxygens (including phenoxy) is 1. The van der Waals surface area contributed by atoms with E-state index < -0.39 is 36.2 Å². The summed E-state index contributed by atoms with van der Waals surface area (Å²) < 4.78 is 33.6. The van der Waals surface area contributed by atoms with E-state index in [-0.39, 0.29) is 40.9 Å². The molecule has 0 radical (unpaired) electrons. The van der Waals surface area contributed by atoms with Crippen molar-refractivity contribution in [3.05, 3.63) is 77.1 Å². The van der Waals surface area contributed by atoms with E-state index in [1.165, 1.54) is 24.1 Å². The maximum Gasteiger partial charge on any atom is 0.304 e. The first-order valence-electron chi connectivity index (χ1n) is 12.9. The smallest absolute Gasteiger partial charge is 0.304 e. The SMILES string of the molecule is CN(C(=O)C(CC(=O)O)Cc1ccccc1)c1nc(-c2cc(OCF)ccc2-c2cnc3c(c2)CC(=O)N3C)c(F)s1. The van der Waals surface area contributed by atoms with Crippen molar-refractivity contribution in [2.24, 2.45) is 5.92 Å². The highest BCUT2D eigenvalue weighted by Crippen LogP contribution is 2.40. The number of nitrogens with zero attached hydrogens (tertiary/aromatic N) is 4. The Morgan fingerprint density at radius 2 is 1.93 bits per heavy atom. The summed E-state index contributed by atoms with van der Waals surface area (Å²) in [7, 11) is 3.06. The number of carboxylic acid groups (broad SMARTS) is 1. The van der Waals surface area contributed by atoms with Crippen LogP contribution < -0.4 is 14.5 Å². The van der Waals surface area contributed by atoms with Crippen molar-refractivity contribution in [2.75, 3.05) is 30.8 Å². The molecule has 3 heterocycles. The second-order valence-electron chi connectivity index (χ2n) is 9.80. The minimum Gasteiger partial charge on any atom is -0.481 e. The highest BCUT2D eigenvalue weighted by molar-refractivity contribution is 7.14. The zero-order chi connectivity index (χ0) is 30.0. The number of carbonyl (C=O) groups excluding carboxylic acids is 2. The number of halogens is 2. The Labute approximate surface area is 244 Å². The van der Waals surface area contributed by atoms with Crippen LogP contribution in [0.2, 0.25) is 0 Å². The number of anilines is 2. The topological polar surface area (TPSA) is 113 Å². The van der Waals surface area contributed by atoms with E-state index in [2.05, 4.69) is 9.97 Å². The summed E-state index contributed by atoms with van der Waals surface area (Å²) in [5.41, 5.74) is 2.77. The van der Waals surface area contributed by atoms with Crippen LogP contribution in [0.4, 0.5) is 19.7 Å². The normalized spacial score (nSPS) is 13.1. The van der Waals surface area contributed by atoms with Gasteiger partial charge >= 0.3 is 5.97 Å². The lowest BCUT2D eigenvalue weighted by atomic mass is 9.95. The molecule has 0 fully saturated rings. The third-order valence-electron chi connectivity index (χ3n) is 7.04. The fourth-order valence-electron chi connectivity index (χ4n) is 4.93. The van der Waals surface area contributed by atoms with E-state index >= 15 is 4.39 Å². The fourth-order valence-corrected chi connectivity index (χ4v) is 5.71. The van der Waals surface area contributed by atoms with E-state index in [0.29, 0.717) is 33.8 Å². The lowest BCUT2D eigenvalue weighted by Gasteiger charge is -2.21.